The highest BCUT2D eigenvalue weighted by molar-refractivity contribution is 7.89. The molecule has 0 aliphatic carbocycles. The van der Waals surface area contributed by atoms with Gasteiger partial charge in [0.1, 0.15) is 0 Å². The predicted molar refractivity (Wildman–Crippen MR) is 95.2 cm³/mol. The minimum atomic E-state index is -3.76. The fourth-order valence-electron chi connectivity index (χ4n) is 4.07. The minimum absolute atomic E-state index is 0.0675. The molecule has 8 nitrogen and oxygen atoms in total. The lowest BCUT2D eigenvalue weighted by atomic mass is 9.84. The Bertz CT molecular complexity index is 1050. The van der Waals surface area contributed by atoms with Crippen LogP contribution in [0.15, 0.2) is 41.6 Å². The van der Waals surface area contributed by atoms with Gasteiger partial charge in [-0.1, -0.05) is 0 Å². The van der Waals surface area contributed by atoms with Gasteiger partial charge < -0.3 is 14.4 Å². The van der Waals surface area contributed by atoms with Crippen molar-refractivity contribution >= 4 is 21.6 Å². The number of carbonyl (C=O) groups excluding carboxylic acids is 1. The van der Waals surface area contributed by atoms with Crippen LogP contribution in [0.3, 0.4) is 0 Å². The average molecular weight is 387 g/mol. The summed E-state index contributed by atoms with van der Waals surface area (Å²) in [5.74, 6) is 0.276. The number of rotatable bonds is 2. The number of hydrogen-bond donors (Lipinski definition) is 0. The molecule has 3 aliphatic rings. The molecule has 1 fully saturated rings. The van der Waals surface area contributed by atoms with Crippen LogP contribution in [-0.2, 0) is 14.8 Å². The first-order chi connectivity index (χ1) is 13.0. The maximum Gasteiger partial charge on any atom is 0.243 e. The van der Waals surface area contributed by atoms with Crippen molar-refractivity contribution in [1.82, 2.24) is 9.29 Å². The summed E-state index contributed by atoms with van der Waals surface area (Å²) >= 11 is 0. The fourth-order valence-corrected chi connectivity index (χ4v) is 5.58. The van der Waals surface area contributed by atoms with Crippen LogP contribution in [0.5, 0.6) is 11.5 Å². The number of fused-ring (bicyclic) bond motifs is 4. The van der Waals surface area contributed by atoms with Crippen molar-refractivity contribution in [2.24, 2.45) is 5.92 Å². The molecule has 1 saturated heterocycles. The van der Waals surface area contributed by atoms with E-state index in [1.165, 1.54) is 16.4 Å². The molecule has 4 heterocycles. The van der Waals surface area contributed by atoms with Gasteiger partial charge in [-0.2, -0.15) is 4.31 Å². The van der Waals surface area contributed by atoms with Crippen molar-refractivity contribution in [3.05, 3.63) is 42.2 Å². The average Bonchev–Trinajstić information content (AvgIpc) is 3.33. The first-order valence-electron chi connectivity index (χ1n) is 8.58. The van der Waals surface area contributed by atoms with Gasteiger partial charge in [-0.15, -0.1) is 0 Å². The number of carbonyl (C=O) groups is 1. The normalized spacial score (nSPS) is 24.0. The zero-order chi connectivity index (χ0) is 18.8. The van der Waals surface area contributed by atoms with E-state index >= 15 is 0 Å². The summed E-state index contributed by atoms with van der Waals surface area (Å²) in [4.78, 5) is 18.7. The number of anilines is 1. The third kappa shape index (κ3) is 2.35. The van der Waals surface area contributed by atoms with Gasteiger partial charge in [0.05, 0.1) is 10.8 Å². The van der Waals surface area contributed by atoms with E-state index in [0.29, 0.717) is 11.5 Å². The Kier molecular flexibility index (Phi) is 3.47. The number of sulfonamides is 1. The predicted octanol–water partition coefficient (Wildman–Crippen LogP) is 1.19. The largest absolute Gasteiger partial charge is 0.454 e. The van der Waals surface area contributed by atoms with Crippen LogP contribution >= 0.6 is 0 Å². The van der Waals surface area contributed by atoms with Crippen LogP contribution in [0.2, 0.25) is 0 Å². The molecule has 0 spiro atoms. The van der Waals surface area contributed by atoms with E-state index in [1.54, 1.807) is 36.5 Å². The molecule has 27 heavy (non-hydrogen) atoms. The Morgan fingerprint density at radius 1 is 1.11 bits per heavy atom. The molecule has 0 unspecified atom stereocenters. The van der Waals surface area contributed by atoms with Crippen LogP contribution in [0.1, 0.15) is 11.5 Å². The number of pyridine rings is 1. The molecule has 0 bridgehead atoms. The van der Waals surface area contributed by atoms with Gasteiger partial charge in [-0.3, -0.25) is 9.78 Å². The Morgan fingerprint density at radius 3 is 2.74 bits per heavy atom. The standard InChI is InChI=1S/C18H17N3O5S/c1-20-15-4-5-19-7-12(15)13-8-21(9-14(13)18(20)22)27(23,24)11-2-3-16-17(6-11)26-10-25-16/h2-7,13-14H,8-10H2,1H3/t13-,14-/m1/s1. The van der Waals surface area contributed by atoms with Gasteiger partial charge in [0.2, 0.25) is 22.7 Å². The Morgan fingerprint density at radius 2 is 1.89 bits per heavy atom. The molecule has 0 N–H and O–H groups in total. The maximum atomic E-state index is 13.2. The zero-order valence-electron chi connectivity index (χ0n) is 14.5. The number of hydrogen-bond acceptors (Lipinski definition) is 6. The number of benzene rings is 1. The number of nitrogens with zero attached hydrogens (tertiary/aromatic N) is 3. The highest BCUT2D eigenvalue weighted by atomic mass is 32.2. The van der Waals surface area contributed by atoms with Crippen molar-refractivity contribution in [3.8, 4) is 11.5 Å². The first-order valence-corrected chi connectivity index (χ1v) is 10.0. The summed E-state index contributed by atoms with van der Waals surface area (Å²) in [5, 5.41) is 0. The number of amides is 1. The van der Waals surface area contributed by atoms with E-state index in [1.807, 2.05) is 0 Å². The van der Waals surface area contributed by atoms with E-state index in [9.17, 15) is 13.2 Å². The van der Waals surface area contributed by atoms with Crippen molar-refractivity contribution in [3.63, 3.8) is 0 Å². The summed E-state index contributed by atoms with van der Waals surface area (Å²) < 4.78 is 38.3. The van der Waals surface area contributed by atoms with E-state index < -0.39 is 15.9 Å². The smallest absolute Gasteiger partial charge is 0.243 e. The first kappa shape index (κ1) is 16.5. The molecule has 0 saturated carbocycles. The van der Waals surface area contributed by atoms with Crippen molar-refractivity contribution in [1.29, 1.82) is 0 Å². The summed E-state index contributed by atoms with van der Waals surface area (Å²) in [7, 11) is -2.04. The Labute approximate surface area is 156 Å². The van der Waals surface area contributed by atoms with Crippen LogP contribution in [0, 0.1) is 5.92 Å². The topological polar surface area (TPSA) is 89.0 Å². The van der Waals surface area contributed by atoms with E-state index in [4.69, 9.17) is 9.47 Å². The van der Waals surface area contributed by atoms with E-state index in [0.717, 1.165) is 11.3 Å². The summed E-state index contributed by atoms with van der Waals surface area (Å²) in [6.45, 7) is 0.482. The second-order valence-electron chi connectivity index (χ2n) is 6.88. The molecule has 1 aromatic carbocycles. The summed E-state index contributed by atoms with van der Waals surface area (Å²) in [6, 6.07) is 6.37. The molecule has 9 heteroatoms. The van der Waals surface area contributed by atoms with Crippen molar-refractivity contribution in [2.75, 3.05) is 31.8 Å². The fraction of sp³-hybridized carbons (Fsp3) is 0.333. The maximum absolute atomic E-state index is 13.2. The quantitative estimate of drug-likeness (QED) is 0.769. The molecule has 2 atom stereocenters. The third-order valence-corrected chi connectivity index (χ3v) is 7.33. The molecule has 1 aromatic heterocycles. The SMILES string of the molecule is CN1C(=O)[C@@H]2CN(S(=O)(=O)c3ccc4c(c3)OCO4)C[C@@H]2c2cnccc21. The van der Waals surface area contributed by atoms with Gasteiger partial charge in [-0.05, 0) is 23.8 Å². The van der Waals surface area contributed by atoms with Crippen LogP contribution in [0.25, 0.3) is 0 Å². The lowest BCUT2D eigenvalue weighted by Gasteiger charge is -2.32. The Hall–Kier alpha value is -2.65. The van der Waals surface area contributed by atoms with Gasteiger partial charge >= 0.3 is 0 Å². The van der Waals surface area contributed by atoms with Crippen LogP contribution in [0.4, 0.5) is 5.69 Å². The number of ether oxygens (including phenoxy) is 2. The molecule has 0 radical (unpaired) electrons. The molecular weight excluding hydrogens is 370 g/mol. The highest BCUT2D eigenvalue weighted by Crippen LogP contribution is 2.44. The van der Waals surface area contributed by atoms with E-state index in [-0.39, 0.29) is 36.6 Å². The number of aromatic nitrogens is 1. The second-order valence-corrected chi connectivity index (χ2v) is 8.82. The molecule has 2 aromatic rings. The van der Waals surface area contributed by atoms with Gasteiger partial charge in [0, 0.05) is 50.2 Å². The third-order valence-electron chi connectivity index (χ3n) is 5.50. The van der Waals surface area contributed by atoms with Gasteiger partial charge in [0.15, 0.2) is 11.5 Å². The van der Waals surface area contributed by atoms with Gasteiger partial charge in [0.25, 0.3) is 0 Å². The molecule has 5 rings (SSSR count). The summed E-state index contributed by atoms with van der Waals surface area (Å²) in [5.41, 5.74) is 1.70. The Balaban J connectivity index is 1.51. The highest BCUT2D eigenvalue weighted by Gasteiger charge is 2.48. The molecule has 140 valence electrons. The van der Waals surface area contributed by atoms with Crippen molar-refractivity contribution in [2.45, 2.75) is 10.8 Å². The van der Waals surface area contributed by atoms with Crippen molar-refractivity contribution < 1.29 is 22.7 Å². The minimum Gasteiger partial charge on any atom is -0.454 e. The lowest BCUT2D eigenvalue weighted by molar-refractivity contribution is -0.122. The molecule has 3 aliphatic heterocycles. The van der Waals surface area contributed by atoms with Crippen LogP contribution < -0.4 is 14.4 Å². The molecule has 1 amide bonds. The zero-order valence-corrected chi connectivity index (χ0v) is 15.3. The van der Waals surface area contributed by atoms with Crippen LogP contribution in [-0.4, -0.2) is 50.5 Å². The molecular formula is C18H17N3O5S. The summed E-state index contributed by atoms with van der Waals surface area (Å²) in [6.07, 6.45) is 3.37. The van der Waals surface area contributed by atoms with Gasteiger partial charge in [-0.25, -0.2) is 8.42 Å². The monoisotopic (exact) mass is 387 g/mol. The second kappa shape index (κ2) is 5.67. The van der Waals surface area contributed by atoms with E-state index in [2.05, 4.69) is 4.98 Å². The lowest BCUT2D eigenvalue weighted by Crippen LogP contribution is -2.41.